The number of hydrogen-bond donors (Lipinski definition) is 3. The molecule has 0 saturated carbocycles. The van der Waals surface area contributed by atoms with Crippen LogP contribution in [0.3, 0.4) is 0 Å². The van der Waals surface area contributed by atoms with E-state index < -0.39 is 12.0 Å². The molecule has 0 aliphatic heterocycles. The maximum atomic E-state index is 10.9. The number of nitrogens with two attached hydrogens (primary N) is 1. The van der Waals surface area contributed by atoms with Crippen LogP contribution >= 0.6 is 12.4 Å². The first-order valence-electron chi connectivity index (χ1n) is 4.43. The quantitative estimate of drug-likeness (QED) is 0.709. The number of phenolic OH excluding ortho intramolecular Hbond substituents is 1. The van der Waals surface area contributed by atoms with E-state index in [-0.39, 0.29) is 29.3 Å². The van der Waals surface area contributed by atoms with Gasteiger partial charge in [0.15, 0.2) is 0 Å². The molecule has 0 spiro atoms. The lowest BCUT2D eigenvalue weighted by molar-refractivity contribution is 0.0695. The molecule has 0 aliphatic rings. The molecule has 1 aromatic rings. The van der Waals surface area contributed by atoms with Gasteiger partial charge in [-0.15, -0.1) is 19.0 Å². The summed E-state index contributed by atoms with van der Waals surface area (Å²) >= 11 is 0. The Morgan fingerprint density at radius 2 is 2.12 bits per heavy atom. The molecule has 0 unspecified atom stereocenters. The van der Waals surface area contributed by atoms with Gasteiger partial charge in [-0.25, -0.2) is 4.79 Å². The van der Waals surface area contributed by atoms with Gasteiger partial charge in [-0.3, -0.25) is 0 Å². The Kier molecular flexibility index (Phi) is 5.01. The van der Waals surface area contributed by atoms with Crippen LogP contribution in [0.25, 0.3) is 0 Å². The molecule has 1 aromatic carbocycles. The lowest BCUT2D eigenvalue weighted by Crippen LogP contribution is -2.13. The number of rotatable bonds is 3. The van der Waals surface area contributed by atoms with Crippen molar-refractivity contribution < 1.29 is 15.0 Å². The molecule has 0 aromatic heterocycles. The van der Waals surface area contributed by atoms with Crippen LogP contribution in [0.15, 0.2) is 24.8 Å². The van der Waals surface area contributed by atoms with Gasteiger partial charge in [0, 0.05) is 5.56 Å². The second-order valence-electron chi connectivity index (χ2n) is 3.26. The minimum atomic E-state index is -1.11. The summed E-state index contributed by atoms with van der Waals surface area (Å²) in [5.41, 5.74) is 6.46. The van der Waals surface area contributed by atoms with E-state index in [0.29, 0.717) is 5.56 Å². The van der Waals surface area contributed by atoms with Gasteiger partial charge in [-0.2, -0.15) is 0 Å². The zero-order valence-electron chi connectivity index (χ0n) is 8.80. The fourth-order valence-electron chi connectivity index (χ4n) is 1.36. The molecule has 0 aliphatic carbocycles. The fraction of sp³-hybridized carbons (Fsp3) is 0.182. The highest BCUT2D eigenvalue weighted by Gasteiger charge is 2.19. The lowest BCUT2D eigenvalue weighted by Gasteiger charge is -2.14. The Morgan fingerprint density at radius 3 is 2.56 bits per heavy atom. The Hall–Kier alpha value is -1.52. The van der Waals surface area contributed by atoms with Crippen molar-refractivity contribution in [1.82, 2.24) is 0 Å². The normalized spacial score (nSPS) is 11.4. The van der Waals surface area contributed by atoms with E-state index in [1.165, 1.54) is 18.2 Å². The van der Waals surface area contributed by atoms with Crippen molar-refractivity contribution in [3.8, 4) is 5.75 Å². The number of benzene rings is 1. The van der Waals surface area contributed by atoms with Crippen molar-refractivity contribution in [2.45, 2.75) is 13.0 Å². The molecular formula is C11H14ClNO3. The van der Waals surface area contributed by atoms with Gasteiger partial charge in [0.1, 0.15) is 5.75 Å². The summed E-state index contributed by atoms with van der Waals surface area (Å²) in [5.74, 6) is -1.19. The van der Waals surface area contributed by atoms with Gasteiger partial charge in [0.05, 0.1) is 11.6 Å². The zero-order chi connectivity index (χ0) is 11.6. The third-order valence-corrected chi connectivity index (χ3v) is 2.24. The summed E-state index contributed by atoms with van der Waals surface area (Å²) in [6, 6.07) is 2.28. The van der Waals surface area contributed by atoms with Crippen molar-refractivity contribution in [2.75, 3.05) is 0 Å². The largest absolute Gasteiger partial charge is 0.507 e. The summed E-state index contributed by atoms with van der Waals surface area (Å²) in [7, 11) is 0. The molecule has 0 bridgehead atoms. The van der Waals surface area contributed by atoms with Crippen molar-refractivity contribution in [3.05, 3.63) is 41.5 Å². The number of carbonyl (C=O) groups is 1. The average molecular weight is 244 g/mol. The first-order chi connectivity index (χ1) is 6.99. The van der Waals surface area contributed by atoms with Gasteiger partial charge in [-0.1, -0.05) is 12.1 Å². The van der Waals surface area contributed by atoms with E-state index in [2.05, 4.69) is 6.58 Å². The predicted octanol–water partition coefficient (Wildman–Crippen LogP) is 2.01. The van der Waals surface area contributed by atoms with E-state index in [1.54, 1.807) is 6.92 Å². The molecule has 1 rings (SSSR count). The summed E-state index contributed by atoms with van der Waals surface area (Å²) in [6.45, 7) is 5.16. The molecule has 0 fully saturated rings. The second kappa shape index (κ2) is 5.53. The van der Waals surface area contributed by atoms with Gasteiger partial charge in [0.25, 0.3) is 0 Å². The smallest absolute Gasteiger partial charge is 0.336 e. The van der Waals surface area contributed by atoms with Crippen LogP contribution in [0, 0.1) is 6.92 Å². The van der Waals surface area contributed by atoms with E-state index in [9.17, 15) is 9.90 Å². The number of aromatic hydroxyl groups is 1. The zero-order valence-corrected chi connectivity index (χ0v) is 9.62. The maximum Gasteiger partial charge on any atom is 0.336 e. The molecular weight excluding hydrogens is 230 g/mol. The van der Waals surface area contributed by atoms with Crippen molar-refractivity contribution >= 4 is 18.4 Å². The Morgan fingerprint density at radius 1 is 1.56 bits per heavy atom. The Labute approximate surface area is 99.8 Å². The van der Waals surface area contributed by atoms with Gasteiger partial charge in [-0.05, 0) is 18.6 Å². The number of phenols is 1. The molecule has 0 amide bonds. The van der Waals surface area contributed by atoms with Crippen molar-refractivity contribution in [3.63, 3.8) is 0 Å². The van der Waals surface area contributed by atoms with E-state index in [0.717, 1.165) is 0 Å². The highest BCUT2D eigenvalue weighted by molar-refractivity contribution is 5.90. The molecule has 1 atom stereocenters. The molecule has 16 heavy (non-hydrogen) atoms. The highest BCUT2D eigenvalue weighted by Crippen LogP contribution is 2.30. The second-order valence-corrected chi connectivity index (χ2v) is 3.26. The number of aromatic carboxylic acids is 1. The van der Waals surface area contributed by atoms with Crippen LogP contribution in [0.4, 0.5) is 0 Å². The number of halogens is 1. The minimum Gasteiger partial charge on any atom is -0.507 e. The molecule has 4 N–H and O–H groups in total. The van der Waals surface area contributed by atoms with Crippen molar-refractivity contribution in [1.29, 1.82) is 0 Å². The van der Waals surface area contributed by atoms with E-state index in [1.807, 2.05) is 0 Å². The van der Waals surface area contributed by atoms with E-state index in [4.69, 9.17) is 10.8 Å². The first kappa shape index (κ1) is 14.5. The summed E-state index contributed by atoms with van der Waals surface area (Å²) < 4.78 is 0. The maximum absolute atomic E-state index is 10.9. The molecule has 88 valence electrons. The van der Waals surface area contributed by atoms with Crippen LogP contribution in [-0.2, 0) is 0 Å². The Balaban J connectivity index is 0.00000225. The summed E-state index contributed by atoms with van der Waals surface area (Å²) in [5, 5.41) is 18.7. The molecule has 0 saturated heterocycles. The van der Waals surface area contributed by atoms with Crippen LogP contribution in [0.5, 0.6) is 5.75 Å². The van der Waals surface area contributed by atoms with Crippen LogP contribution < -0.4 is 5.73 Å². The third-order valence-electron chi connectivity index (χ3n) is 2.24. The summed E-state index contributed by atoms with van der Waals surface area (Å²) in [4.78, 5) is 10.9. The topological polar surface area (TPSA) is 83.6 Å². The molecule has 4 nitrogen and oxygen atoms in total. The predicted molar refractivity (Wildman–Crippen MR) is 64.2 cm³/mol. The highest BCUT2D eigenvalue weighted by atomic mass is 35.5. The van der Waals surface area contributed by atoms with Gasteiger partial charge < -0.3 is 15.9 Å². The van der Waals surface area contributed by atoms with Crippen LogP contribution in [0.2, 0.25) is 0 Å². The molecule has 5 heteroatoms. The van der Waals surface area contributed by atoms with Gasteiger partial charge in [0.2, 0.25) is 0 Å². The Bertz CT molecular complexity index is 418. The number of hydrogen-bond acceptors (Lipinski definition) is 3. The van der Waals surface area contributed by atoms with Crippen molar-refractivity contribution in [2.24, 2.45) is 5.73 Å². The minimum absolute atomic E-state index is 0. The molecule has 0 heterocycles. The molecule has 0 radical (unpaired) electrons. The number of aryl methyl sites for hydroxylation is 1. The van der Waals surface area contributed by atoms with Crippen LogP contribution in [0.1, 0.15) is 27.5 Å². The fourth-order valence-corrected chi connectivity index (χ4v) is 1.36. The van der Waals surface area contributed by atoms with E-state index >= 15 is 0 Å². The number of carboxylic acids is 1. The lowest BCUT2D eigenvalue weighted by atomic mass is 9.97. The van der Waals surface area contributed by atoms with Gasteiger partial charge >= 0.3 is 5.97 Å². The SMILES string of the molecule is C=C[C@@H](N)c1c(C(=O)O)ccc(C)c1O.Cl. The van der Waals surface area contributed by atoms with Crippen LogP contribution in [-0.4, -0.2) is 16.2 Å². The summed E-state index contributed by atoms with van der Waals surface area (Å²) in [6.07, 6.45) is 1.39. The third kappa shape index (κ3) is 2.53. The number of carboxylic acid groups (broad SMARTS) is 1. The average Bonchev–Trinajstić information content (AvgIpc) is 2.20. The monoisotopic (exact) mass is 243 g/mol. The standard InChI is InChI=1S/C11H13NO3.ClH/c1-3-8(12)9-7(11(14)15)5-4-6(2)10(9)13;/h3-5,8,13H,1,12H2,2H3,(H,14,15);1H/t8-;/m1./s1. The first-order valence-corrected chi connectivity index (χ1v) is 4.43.